The maximum atomic E-state index is 0. The van der Waals surface area contributed by atoms with Crippen LogP contribution in [-0.2, 0) is 0 Å². The van der Waals surface area contributed by atoms with Gasteiger partial charge in [-0.2, -0.15) is 40.5 Å². The molecule has 0 saturated heterocycles. The molecule has 0 aromatic heterocycles. The molecule has 0 nitrogen and oxygen atoms in total. The zero-order valence-electron chi connectivity index (χ0n) is 2.17. The Morgan fingerprint density at radius 3 is 0.400 bits per heavy atom. The molecule has 0 aliphatic heterocycles. The fraction of sp³-hybridized carbons (Fsp3) is 0. The Balaban J connectivity index is 0. The van der Waals surface area contributed by atoms with Crippen LogP contribution < -0.4 is 0 Å². The molecular weight excluding hydrogens is 414 g/mol. The molecule has 0 amide bonds. The molecule has 0 N–H and O–H groups in total. The predicted molar refractivity (Wildman–Crippen MR) is 31.1 cm³/mol. The van der Waals surface area contributed by atoms with Gasteiger partial charge in [0.1, 0.15) is 0 Å². The fourth-order valence-electron chi connectivity index (χ4n) is 0. The summed E-state index contributed by atoms with van der Waals surface area (Å²) in [5.74, 6) is 0. The molecular formula is H6S3Tb2. The van der Waals surface area contributed by atoms with Gasteiger partial charge >= 0.3 is 0 Å². The predicted octanol–water partition coefficient (Wildman–Crippen LogP) is 0.338. The molecule has 0 aliphatic rings. The summed E-state index contributed by atoms with van der Waals surface area (Å²) in [4.78, 5) is 0. The van der Waals surface area contributed by atoms with Crippen molar-refractivity contribution in [2.24, 2.45) is 0 Å². The van der Waals surface area contributed by atoms with Crippen molar-refractivity contribution in [3.63, 3.8) is 0 Å². The van der Waals surface area contributed by atoms with Crippen molar-refractivity contribution < 1.29 is 77.2 Å². The van der Waals surface area contributed by atoms with Crippen LogP contribution in [0.4, 0.5) is 0 Å². The van der Waals surface area contributed by atoms with Crippen LogP contribution in [0.25, 0.3) is 0 Å². The van der Waals surface area contributed by atoms with Crippen LogP contribution in [0.5, 0.6) is 0 Å². The SMILES string of the molecule is S.S.S.[Tb].[Tb]. The third-order valence-electron chi connectivity index (χ3n) is 0. The second kappa shape index (κ2) is 25.5. The monoisotopic (exact) mass is 420 g/mol. The van der Waals surface area contributed by atoms with Gasteiger partial charge in [0, 0.05) is 77.2 Å². The van der Waals surface area contributed by atoms with Crippen LogP contribution in [0.2, 0.25) is 0 Å². The van der Waals surface area contributed by atoms with Crippen LogP contribution in [0, 0.1) is 77.2 Å². The Morgan fingerprint density at radius 2 is 0.400 bits per heavy atom. The van der Waals surface area contributed by atoms with Crippen LogP contribution in [0.1, 0.15) is 0 Å². The molecule has 0 rings (SSSR count). The van der Waals surface area contributed by atoms with E-state index in [4.69, 9.17) is 0 Å². The molecule has 0 unspecified atom stereocenters. The summed E-state index contributed by atoms with van der Waals surface area (Å²) in [6.45, 7) is 0. The van der Waals surface area contributed by atoms with E-state index in [1.54, 1.807) is 0 Å². The topological polar surface area (TPSA) is 0 Å². The Hall–Kier alpha value is 3.62. The molecule has 5 heteroatoms. The molecule has 0 aromatic carbocycles. The first-order chi connectivity index (χ1) is 0. The normalized spacial score (nSPS) is 0. The first-order valence-electron chi connectivity index (χ1n) is 0. The number of hydrogen-bond donors (Lipinski definition) is 0. The molecule has 0 fully saturated rings. The fourth-order valence-corrected chi connectivity index (χ4v) is 0. The summed E-state index contributed by atoms with van der Waals surface area (Å²) in [5.41, 5.74) is 0. The van der Waals surface area contributed by atoms with Gasteiger partial charge in [-0.1, -0.05) is 0 Å². The summed E-state index contributed by atoms with van der Waals surface area (Å²) < 4.78 is 0. The van der Waals surface area contributed by atoms with Crippen molar-refractivity contribution in [2.45, 2.75) is 0 Å². The van der Waals surface area contributed by atoms with Gasteiger partial charge in [0.15, 0.2) is 0 Å². The van der Waals surface area contributed by atoms with Gasteiger partial charge in [0.2, 0.25) is 0 Å². The summed E-state index contributed by atoms with van der Waals surface area (Å²) in [6, 6.07) is 0. The van der Waals surface area contributed by atoms with Gasteiger partial charge < -0.3 is 0 Å². The Bertz CT molecular complexity index is 4.85. The van der Waals surface area contributed by atoms with Gasteiger partial charge in [-0.15, -0.1) is 0 Å². The van der Waals surface area contributed by atoms with Crippen molar-refractivity contribution in [3.05, 3.63) is 0 Å². The van der Waals surface area contributed by atoms with Crippen molar-refractivity contribution in [1.29, 1.82) is 0 Å². The van der Waals surface area contributed by atoms with Gasteiger partial charge in [0.25, 0.3) is 0 Å². The zero-order valence-corrected chi connectivity index (χ0v) is 9.44. The van der Waals surface area contributed by atoms with Crippen LogP contribution in [0.3, 0.4) is 0 Å². The summed E-state index contributed by atoms with van der Waals surface area (Å²) in [5, 5.41) is 0. The summed E-state index contributed by atoms with van der Waals surface area (Å²) >= 11 is 0. The molecule has 2 radical (unpaired) electrons. The third-order valence-corrected chi connectivity index (χ3v) is 0. The van der Waals surface area contributed by atoms with Crippen molar-refractivity contribution >= 4 is 40.5 Å². The second-order valence-corrected chi connectivity index (χ2v) is 0. The van der Waals surface area contributed by atoms with Gasteiger partial charge in [0.05, 0.1) is 0 Å². The van der Waals surface area contributed by atoms with E-state index >= 15 is 0 Å². The van der Waals surface area contributed by atoms with Gasteiger partial charge in [-0.25, -0.2) is 0 Å². The Kier molecular flexibility index (Phi) is 195. The molecule has 0 aliphatic carbocycles. The standard InChI is InChI=1S/3H2S.2Tb/h3*1H2;;. The van der Waals surface area contributed by atoms with Crippen LogP contribution in [0.15, 0.2) is 0 Å². The molecule has 0 heterocycles. The molecule has 0 spiro atoms. The Morgan fingerprint density at radius 1 is 0.400 bits per heavy atom. The maximum Gasteiger partial charge on any atom is 0 e. The van der Waals surface area contributed by atoms with Crippen LogP contribution >= 0.6 is 40.5 Å². The van der Waals surface area contributed by atoms with E-state index in [1.807, 2.05) is 0 Å². The van der Waals surface area contributed by atoms with E-state index in [9.17, 15) is 0 Å². The summed E-state index contributed by atoms with van der Waals surface area (Å²) in [6.07, 6.45) is 0. The van der Waals surface area contributed by atoms with Crippen LogP contribution in [-0.4, -0.2) is 0 Å². The first-order valence-corrected chi connectivity index (χ1v) is 0. The second-order valence-electron chi connectivity index (χ2n) is 0. The van der Waals surface area contributed by atoms with E-state index in [1.165, 1.54) is 0 Å². The molecule has 5 heavy (non-hydrogen) atoms. The average molecular weight is 420 g/mol. The zero-order chi connectivity index (χ0) is 0. The van der Waals surface area contributed by atoms with E-state index in [-0.39, 0.29) is 118 Å². The molecule has 0 bridgehead atoms. The molecule has 0 saturated carbocycles. The number of hydrogen-bond acceptors (Lipinski definition) is 0. The Labute approximate surface area is 115 Å². The number of rotatable bonds is 0. The minimum atomic E-state index is 0. The molecule has 42 valence electrons. The quantitative estimate of drug-likeness (QED) is 0.531. The van der Waals surface area contributed by atoms with E-state index in [0.29, 0.717) is 0 Å². The summed E-state index contributed by atoms with van der Waals surface area (Å²) in [7, 11) is 0. The van der Waals surface area contributed by atoms with E-state index < -0.39 is 0 Å². The largest absolute Gasteiger partial charge is 0.197 e. The van der Waals surface area contributed by atoms with Crippen molar-refractivity contribution in [3.8, 4) is 0 Å². The maximum absolute atomic E-state index is 0. The van der Waals surface area contributed by atoms with Gasteiger partial charge in [-0.3, -0.25) is 0 Å². The van der Waals surface area contributed by atoms with E-state index in [2.05, 4.69) is 0 Å². The molecule has 0 atom stereocenters. The van der Waals surface area contributed by atoms with Gasteiger partial charge in [-0.05, 0) is 0 Å². The third kappa shape index (κ3) is 18.4. The molecule has 0 aromatic rings. The minimum absolute atomic E-state index is 0. The minimum Gasteiger partial charge on any atom is -0.197 e. The van der Waals surface area contributed by atoms with Crippen molar-refractivity contribution in [1.82, 2.24) is 0 Å². The van der Waals surface area contributed by atoms with E-state index in [0.717, 1.165) is 0 Å². The first kappa shape index (κ1) is 38.2. The average Bonchev–Trinajstić information content (AvgIpc) is 0. The smallest absolute Gasteiger partial charge is 0 e. The van der Waals surface area contributed by atoms with Crippen molar-refractivity contribution in [2.75, 3.05) is 0 Å².